The van der Waals surface area contributed by atoms with Gasteiger partial charge in [-0.3, -0.25) is 0 Å². The minimum absolute atomic E-state index is 0.511. The largest absolute Gasteiger partial charge is 0.486 e. The van der Waals surface area contributed by atoms with Gasteiger partial charge in [0.05, 0.1) is 0 Å². The van der Waals surface area contributed by atoms with Gasteiger partial charge in [-0.25, -0.2) is 4.98 Å². The summed E-state index contributed by atoms with van der Waals surface area (Å²) in [4.78, 5) is 5.51. The number of hydrogen-bond acceptors (Lipinski definition) is 4. The van der Waals surface area contributed by atoms with E-state index in [2.05, 4.69) is 20.9 Å². The second-order valence-electron chi connectivity index (χ2n) is 3.50. The van der Waals surface area contributed by atoms with Crippen LogP contribution in [-0.4, -0.2) is 11.5 Å². The number of rotatable bonds is 5. The number of nitrogens with zero attached hydrogens (tertiary/aromatic N) is 1. The molecule has 0 aliphatic carbocycles. The zero-order chi connectivity index (χ0) is 12.1. The maximum absolute atomic E-state index is 5.63. The van der Waals surface area contributed by atoms with Crippen LogP contribution in [0, 0.1) is 0 Å². The number of nitrogens with two attached hydrogens (primary N) is 1. The lowest BCUT2D eigenvalue weighted by molar-refractivity contribution is 0.305. The predicted molar refractivity (Wildman–Crippen MR) is 73.3 cm³/mol. The van der Waals surface area contributed by atoms with Gasteiger partial charge in [-0.05, 0) is 37.2 Å². The zero-order valence-corrected chi connectivity index (χ0v) is 11.6. The molecule has 90 valence electrons. The van der Waals surface area contributed by atoms with Gasteiger partial charge >= 0.3 is 0 Å². The lowest BCUT2D eigenvalue weighted by Gasteiger charge is -2.03. The van der Waals surface area contributed by atoms with Crippen LogP contribution in [0.1, 0.15) is 9.88 Å². The van der Waals surface area contributed by atoms with Crippen LogP contribution in [0.25, 0.3) is 0 Å². The van der Waals surface area contributed by atoms with Gasteiger partial charge < -0.3 is 10.5 Å². The highest BCUT2D eigenvalue weighted by molar-refractivity contribution is 9.10. The van der Waals surface area contributed by atoms with Gasteiger partial charge in [-0.1, -0.05) is 15.9 Å². The molecule has 2 N–H and O–H groups in total. The Hall–Kier alpha value is -0.910. The second-order valence-corrected chi connectivity index (χ2v) is 5.62. The Balaban J connectivity index is 1.90. The molecule has 2 aromatic rings. The standard InChI is InChI=1S/C12H13BrN2OS/c13-9-1-3-10(4-2-9)16-8-12-15-7-11(17-12)5-6-14/h1-4,7H,5-6,8,14H2. The lowest BCUT2D eigenvalue weighted by atomic mass is 10.3. The third kappa shape index (κ3) is 3.80. The second kappa shape index (κ2) is 6.14. The summed E-state index contributed by atoms with van der Waals surface area (Å²) in [5, 5.41) is 0.983. The van der Waals surface area contributed by atoms with Crippen molar-refractivity contribution in [1.29, 1.82) is 0 Å². The van der Waals surface area contributed by atoms with Gasteiger partial charge in [-0.2, -0.15) is 0 Å². The predicted octanol–water partition coefficient (Wildman–Crippen LogP) is 2.99. The molecule has 0 aliphatic rings. The molecule has 0 unspecified atom stereocenters. The summed E-state index contributed by atoms with van der Waals surface area (Å²) in [5.41, 5.74) is 5.49. The molecule has 0 radical (unpaired) electrons. The summed E-state index contributed by atoms with van der Waals surface area (Å²) in [6.45, 7) is 1.17. The number of hydrogen-bond donors (Lipinski definition) is 1. The fraction of sp³-hybridized carbons (Fsp3) is 0.250. The Kier molecular flexibility index (Phi) is 4.53. The number of ether oxygens (including phenoxy) is 1. The molecule has 0 saturated heterocycles. The van der Waals surface area contributed by atoms with Crippen LogP contribution in [0.15, 0.2) is 34.9 Å². The van der Waals surface area contributed by atoms with Crippen LogP contribution in [0.5, 0.6) is 5.75 Å². The molecule has 2 rings (SSSR count). The first kappa shape index (κ1) is 12.5. The van der Waals surface area contributed by atoms with Crippen LogP contribution in [0.3, 0.4) is 0 Å². The maximum Gasteiger partial charge on any atom is 0.140 e. The molecule has 0 spiro atoms. The number of thiazole rings is 1. The first-order valence-corrected chi connectivity index (χ1v) is 6.91. The quantitative estimate of drug-likeness (QED) is 0.923. The topological polar surface area (TPSA) is 48.1 Å². The monoisotopic (exact) mass is 312 g/mol. The highest BCUT2D eigenvalue weighted by Crippen LogP contribution is 2.19. The molecule has 0 saturated carbocycles. The van der Waals surface area contributed by atoms with Gasteiger partial charge in [0.2, 0.25) is 0 Å². The van der Waals surface area contributed by atoms with Crippen molar-refractivity contribution in [1.82, 2.24) is 4.98 Å². The summed E-state index contributed by atoms with van der Waals surface area (Å²) < 4.78 is 6.68. The van der Waals surface area contributed by atoms with Gasteiger partial charge in [0, 0.05) is 15.5 Å². The van der Waals surface area contributed by atoms with Gasteiger partial charge in [0.15, 0.2) is 0 Å². The molecule has 0 bridgehead atoms. The molecule has 0 amide bonds. The average molecular weight is 313 g/mol. The summed E-state index contributed by atoms with van der Waals surface area (Å²) in [6.07, 6.45) is 2.76. The molecule has 0 fully saturated rings. The van der Waals surface area contributed by atoms with Crippen molar-refractivity contribution in [3.8, 4) is 5.75 Å². The van der Waals surface area contributed by atoms with E-state index in [1.807, 2.05) is 30.5 Å². The lowest BCUT2D eigenvalue weighted by Crippen LogP contribution is -2.00. The Bertz CT molecular complexity index is 470. The average Bonchev–Trinajstić information content (AvgIpc) is 2.77. The first-order chi connectivity index (χ1) is 8.28. The highest BCUT2D eigenvalue weighted by atomic mass is 79.9. The van der Waals surface area contributed by atoms with Crippen LogP contribution in [0.2, 0.25) is 0 Å². The third-order valence-corrected chi connectivity index (χ3v) is 3.73. The Morgan fingerprint density at radius 1 is 1.29 bits per heavy atom. The van der Waals surface area contributed by atoms with Crippen molar-refractivity contribution in [3.05, 3.63) is 44.8 Å². The molecular weight excluding hydrogens is 300 g/mol. The molecule has 5 heteroatoms. The van der Waals surface area contributed by atoms with Gasteiger partial charge in [0.25, 0.3) is 0 Å². The van der Waals surface area contributed by atoms with Crippen LogP contribution < -0.4 is 10.5 Å². The Labute approximate surface area is 113 Å². The molecule has 3 nitrogen and oxygen atoms in total. The minimum Gasteiger partial charge on any atom is -0.486 e. The Morgan fingerprint density at radius 2 is 2.06 bits per heavy atom. The van der Waals surface area contributed by atoms with Crippen molar-refractivity contribution >= 4 is 27.3 Å². The van der Waals surface area contributed by atoms with E-state index < -0.39 is 0 Å². The smallest absolute Gasteiger partial charge is 0.140 e. The summed E-state index contributed by atoms with van der Waals surface area (Å²) in [5.74, 6) is 0.851. The van der Waals surface area contributed by atoms with E-state index in [-0.39, 0.29) is 0 Å². The molecule has 1 aromatic heterocycles. The van der Waals surface area contributed by atoms with E-state index in [9.17, 15) is 0 Å². The van der Waals surface area contributed by atoms with Crippen molar-refractivity contribution in [2.45, 2.75) is 13.0 Å². The molecule has 0 atom stereocenters. The Morgan fingerprint density at radius 3 is 2.76 bits per heavy atom. The minimum atomic E-state index is 0.511. The number of halogens is 1. The first-order valence-electron chi connectivity index (χ1n) is 5.30. The highest BCUT2D eigenvalue weighted by Gasteiger charge is 2.02. The molecule has 0 aliphatic heterocycles. The fourth-order valence-electron chi connectivity index (χ4n) is 1.35. The molecule has 1 aromatic carbocycles. The summed E-state index contributed by atoms with van der Waals surface area (Å²) in [6, 6.07) is 7.77. The van der Waals surface area contributed by atoms with E-state index in [0.29, 0.717) is 13.2 Å². The van der Waals surface area contributed by atoms with Gasteiger partial charge in [-0.15, -0.1) is 11.3 Å². The molecular formula is C12H13BrN2OS. The number of benzene rings is 1. The van der Waals surface area contributed by atoms with E-state index in [4.69, 9.17) is 10.5 Å². The number of aromatic nitrogens is 1. The van der Waals surface area contributed by atoms with Crippen LogP contribution in [-0.2, 0) is 13.0 Å². The van der Waals surface area contributed by atoms with Crippen molar-refractivity contribution < 1.29 is 4.74 Å². The molecule has 17 heavy (non-hydrogen) atoms. The summed E-state index contributed by atoms with van der Waals surface area (Å²) >= 11 is 5.04. The third-order valence-electron chi connectivity index (χ3n) is 2.17. The van der Waals surface area contributed by atoms with Gasteiger partial charge in [0.1, 0.15) is 17.4 Å². The van der Waals surface area contributed by atoms with E-state index in [0.717, 1.165) is 21.7 Å². The SMILES string of the molecule is NCCc1cnc(COc2ccc(Br)cc2)s1. The zero-order valence-electron chi connectivity index (χ0n) is 9.23. The fourth-order valence-corrected chi connectivity index (χ4v) is 2.46. The van der Waals surface area contributed by atoms with Crippen molar-refractivity contribution in [2.24, 2.45) is 5.73 Å². The van der Waals surface area contributed by atoms with Crippen LogP contribution >= 0.6 is 27.3 Å². The van der Waals surface area contributed by atoms with Crippen LogP contribution in [0.4, 0.5) is 0 Å². The maximum atomic E-state index is 5.63. The van der Waals surface area contributed by atoms with Crippen molar-refractivity contribution in [2.75, 3.05) is 6.54 Å². The van der Waals surface area contributed by atoms with E-state index in [1.165, 1.54) is 4.88 Å². The van der Waals surface area contributed by atoms with E-state index in [1.54, 1.807) is 11.3 Å². The van der Waals surface area contributed by atoms with E-state index >= 15 is 0 Å². The van der Waals surface area contributed by atoms with Crippen molar-refractivity contribution in [3.63, 3.8) is 0 Å². The normalized spacial score (nSPS) is 10.5. The molecule has 1 heterocycles. The summed E-state index contributed by atoms with van der Waals surface area (Å²) in [7, 11) is 0.